The van der Waals surface area contributed by atoms with Crippen molar-refractivity contribution in [2.75, 3.05) is 12.3 Å². The van der Waals surface area contributed by atoms with E-state index in [1.807, 2.05) is 0 Å². The molecule has 2 N–H and O–H groups in total. The summed E-state index contributed by atoms with van der Waals surface area (Å²) in [5.74, 6) is 0.274. The maximum atomic E-state index is 10.4. The Labute approximate surface area is 92.5 Å². The maximum absolute atomic E-state index is 10.4. The van der Waals surface area contributed by atoms with Gasteiger partial charge >= 0.3 is 0 Å². The lowest BCUT2D eigenvalue weighted by Gasteiger charge is -2.14. The molecule has 0 aromatic heterocycles. The molecule has 90 valence electrons. The second-order valence-corrected chi connectivity index (χ2v) is 5.33. The Morgan fingerprint density at radius 1 is 1.47 bits per heavy atom. The third-order valence-electron chi connectivity index (χ3n) is 2.39. The molecule has 0 aliphatic heterocycles. The highest BCUT2D eigenvalue weighted by Crippen LogP contribution is 2.08. The van der Waals surface area contributed by atoms with Crippen LogP contribution in [0.15, 0.2) is 12.3 Å². The fourth-order valence-electron chi connectivity index (χ4n) is 1.08. The standard InChI is InChI=1S/C10H21NO3S/c1-4-9(2)10(3)11-7-5-6-8-15(12,13)14/h9,11H,3-8H2,1-2H3,(H,12,13,14). The van der Waals surface area contributed by atoms with Gasteiger partial charge in [-0.2, -0.15) is 8.42 Å². The third kappa shape index (κ3) is 8.44. The molecule has 0 aliphatic carbocycles. The van der Waals surface area contributed by atoms with Crippen molar-refractivity contribution < 1.29 is 13.0 Å². The molecule has 0 aromatic carbocycles. The lowest BCUT2D eigenvalue weighted by Crippen LogP contribution is -2.19. The highest BCUT2D eigenvalue weighted by Gasteiger charge is 2.05. The fourth-order valence-corrected chi connectivity index (χ4v) is 1.65. The summed E-state index contributed by atoms with van der Waals surface area (Å²) >= 11 is 0. The third-order valence-corrected chi connectivity index (χ3v) is 3.19. The number of nitrogens with one attached hydrogen (secondary N) is 1. The first-order valence-corrected chi connectivity index (χ1v) is 6.85. The zero-order valence-corrected chi connectivity index (χ0v) is 10.3. The molecule has 0 aromatic rings. The monoisotopic (exact) mass is 235 g/mol. The summed E-state index contributed by atoms with van der Waals surface area (Å²) in [5, 5.41) is 3.15. The Morgan fingerprint density at radius 2 is 2.07 bits per heavy atom. The molecule has 0 heterocycles. The van der Waals surface area contributed by atoms with Gasteiger partial charge in [-0.15, -0.1) is 0 Å². The molecule has 0 saturated carbocycles. The maximum Gasteiger partial charge on any atom is 0.264 e. The SMILES string of the molecule is C=C(NCCCCS(=O)(=O)O)C(C)CC. The summed E-state index contributed by atoms with van der Waals surface area (Å²) in [6, 6.07) is 0. The molecular weight excluding hydrogens is 214 g/mol. The summed E-state index contributed by atoms with van der Waals surface area (Å²) in [5.41, 5.74) is 0.990. The molecule has 0 bridgehead atoms. The van der Waals surface area contributed by atoms with E-state index in [2.05, 4.69) is 25.7 Å². The Kier molecular flexibility index (Phi) is 6.60. The van der Waals surface area contributed by atoms with Crippen LogP contribution >= 0.6 is 0 Å². The summed E-state index contributed by atoms with van der Waals surface area (Å²) in [4.78, 5) is 0. The Hall–Kier alpha value is -0.550. The zero-order chi connectivity index (χ0) is 11.9. The molecule has 0 fully saturated rings. The van der Waals surface area contributed by atoms with E-state index in [0.717, 1.165) is 18.5 Å². The lowest BCUT2D eigenvalue weighted by atomic mass is 10.1. The van der Waals surface area contributed by atoms with Crippen LogP contribution in [0.2, 0.25) is 0 Å². The van der Waals surface area contributed by atoms with Crippen LogP contribution in [0.3, 0.4) is 0 Å². The number of unbranched alkanes of at least 4 members (excludes halogenated alkanes) is 1. The highest BCUT2D eigenvalue weighted by molar-refractivity contribution is 7.85. The molecule has 1 atom stereocenters. The zero-order valence-electron chi connectivity index (χ0n) is 9.49. The minimum Gasteiger partial charge on any atom is -0.389 e. The van der Waals surface area contributed by atoms with Crippen LogP contribution in [-0.4, -0.2) is 25.3 Å². The van der Waals surface area contributed by atoms with Crippen LogP contribution < -0.4 is 5.32 Å². The molecule has 0 aliphatic rings. The first kappa shape index (κ1) is 14.5. The number of rotatable bonds is 8. The van der Waals surface area contributed by atoms with Crippen molar-refractivity contribution in [3.63, 3.8) is 0 Å². The minimum atomic E-state index is -3.80. The van der Waals surface area contributed by atoms with Crippen molar-refractivity contribution in [2.45, 2.75) is 33.1 Å². The van der Waals surface area contributed by atoms with E-state index in [1.165, 1.54) is 0 Å². The van der Waals surface area contributed by atoms with E-state index in [1.54, 1.807) is 0 Å². The van der Waals surface area contributed by atoms with Gasteiger partial charge in [0.05, 0.1) is 5.75 Å². The van der Waals surface area contributed by atoms with E-state index in [9.17, 15) is 8.42 Å². The van der Waals surface area contributed by atoms with Gasteiger partial charge in [-0.25, -0.2) is 0 Å². The first-order valence-electron chi connectivity index (χ1n) is 5.24. The van der Waals surface area contributed by atoms with Crippen molar-refractivity contribution >= 4 is 10.1 Å². The Balaban J connectivity index is 3.51. The Morgan fingerprint density at radius 3 is 2.53 bits per heavy atom. The van der Waals surface area contributed by atoms with Gasteiger partial charge in [-0.05, 0) is 25.2 Å². The first-order chi connectivity index (χ1) is 6.87. The normalized spacial score (nSPS) is 13.5. The summed E-state index contributed by atoms with van der Waals surface area (Å²) in [7, 11) is -3.80. The van der Waals surface area contributed by atoms with Gasteiger partial charge < -0.3 is 5.32 Å². The molecule has 4 nitrogen and oxygen atoms in total. The molecule has 1 unspecified atom stereocenters. The van der Waals surface area contributed by atoms with Gasteiger partial charge in [-0.3, -0.25) is 4.55 Å². The van der Waals surface area contributed by atoms with Gasteiger partial charge in [0.25, 0.3) is 10.1 Å². The van der Waals surface area contributed by atoms with Crippen molar-refractivity contribution in [1.29, 1.82) is 0 Å². The topological polar surface area (TPSA) is 66.4 Å². The van der Waals surface area contributed by atoms with Gasteiger partial charge in [-0.1, -0.05) is 20.4 Å². The molecule has 0 rings (SSSR count). The average Bonchev–Trinajstić information content (AvgIpc) is 2.14. The van der Waals surface area contributed by atoms with E-state index in [4.69, 9.17) is 4.55 Å². The van der Waals surface area contributed by atoms with Crippen molar-refractivity contribution in [3.05, 3.63) is 12.3 Å². The van der Waals surface area contributed by atoms with Crippen molar-refractivity contribution in [2.24, 2.45) is 5.92 Å². The predicted octanol–water partition coefficient (Wildman–Crippen LogP) is 1.80. The van der Waals surface area contributed by atoms with Gasteiger partial charge in [0.15, 0.2) is 0 Å². The van der Waals surface area contributed by atoms with Crippen LogP contribution in [0.1, 0.15) is 33.1 Å². The highest BCUT2D eigenvalue weighted by atomic mass is 32.2. The van der Waals surface area contributed by atoms with E-state index < -0.39 is 10.1 Å². The fraction of sp³-hybridized carbons (Fsp3) is 0.800. The number of hydrogen-bond acceptors (Lipinski definition) is 3. The predicted molar refractivity (Wildman–Crippen MR) is 62.2 cm³/mol. The van der Waals surface area contributed by atoms with Gasteiger partial charge in [0.2, 0.25) is 0 Å². The summed E-state index contributed by atoms with van der Waals surface area (Å²) in [6.07, 6.45) is 2.23. The molecular formula is C10H21NO3S. The smallest absolute Gasteiger partial charge is 0.264 e. The minimum absolute atomic E-state index is 0.162. The van der Waals surface area contributed by atoms with Crippen molar-refractivity contribution in [3.8, 4) is 0 Å². The van der Waals surface area contributed by atoms with Crippen LogP contribution in [0.25, 0.3) is 0 Å². The molecule has 0 saturated heterocycles. The van der Waals surface area contributed by atoms with Crippen LogP contribution in [0, 0.1) is 5.92 Å². The van der Waals surface area contributed by atoms with Gasteiger partial charge in [0, 0.05) is 12.2 Å². The Bertz CT molecular complexity index is 285. The van der Waals surface area contributed by atoms with Crippen LogP contribution in [0.4, 0.5) is 0 Å². The van der Waals surface area contributed by atoms with Crippen LogP contribution in [0.5, 0.6) is 0 Å². The van der Waals surface area contributed by atoms with Gasteiger partial charge in [0.1, 0.15) is 0 Å². The summed E-state index contributed by atoms with van der Waals surface area (Å²) in [6.45, 7) is 8.78. The van der Waals surface area contributed by atoms with Crippen LogP contribution in [-0.2, 0) is 10.1 Å². The number of allylic oxidation sites excluding steroid dienone is 1. The largest absolute Gasteiger partial charge is 0.389 e. The second kappa shape index (κ2) is 6.85. The number of hydrogen-bond donors (Lipinski definition) is 2. The van der Waals surface area contributed by atoms with E-state index in [-0.39, 0.29) is 5.75 Å². The quantitative estimate of drug-likeness (QED) is 0.497. The molecule has 0 radical (unpaired) electrons. The molecule has 0 spiro atoms. The average molecular weight is 235 g/mol. The molecule has 15 heavy (non-hydrogen) atoms. The lowest BCUT2D eigenvalue weighted by molar-refractivity contribution is 0.479. The second-order valence-electron chi connectivity index (χ2n) is 3.75. The molecule has 0 amide bonds. The van der Waals surface area contributed by atoms with E-state index >= 15 is 0 Å². The summed E-state index contributed by atoms with van der Waals surface area (Å²) < 4.78 is 29.3. The van der Waals surface area contributed by atoms with E-state index in [0.29, 0.717) is 18.9 Å². The molecule has 5 heteroatoms. The van der Waals surface area contributed by atoms with Crippen molar-refractivity contribution in [1.82, 2.24) is 5.32 Å².